The molecule has 1 aliphatic heterocycles. The van der Waals surface area contributed by atoms with Gasteiger partial charge in [0.15, 0.2) is 5.69 Å². The van der Waals surface area contributed by atoms with Crippen LogP contribution in [0.5, 0.6) is 0 Å². The maximum atomic E-state index is 12.4. The molecule has 21 heavy (non-hydrogen) atoms. The van der Waals surface area contributed by atoms with E-state index in [9.17, 15) is 9.90 Å². The second-order valence-electron chi connectivity index (χ2n) is 5.25. The summed E-state index contributed by atoms with van der Waals surface area (Å²) in [6, 6.07) is 7.35. The Bertz CT molecular complexity index is 683. The number of β-amino-alcohol motifs (C(OH)–C–C–N with tert-alkyl or cyclic N) is 1. The SMILES string of the molecule is Cc1cn(-c2ccccc2Cl)nc1C(=O)N1CC[C@@H](O)C1. The molecule has 0 radical (unpaired) electrons. The van der Waals surface area contributed by atoms with Gasteiger partial charge in [0.2, 0.25) is 0 Å². The fourth-order valence-electron chi connectivity index (χ4n) is 2.51. The topological polar surface area (TPSA) is 58.4 Å². The summed E-state index contributed by atoms with van der Waals surface area (Å²) in [5, 5.41) is 14.5. The largest absolute Gasteiger partial charge is 0.391 e. The molecule has 1 aliphatic rings. The van der Waals surface area contributed by atoms with Crippen molar-refractivity contribution in [1.82, 2.24) is 14.7 Å². The fourth-order valence-corrected chi connectivity index (χ4v) is 2.73. The quantitative estimate of drug-likeness (QED) is 0.923. The first-order valence-electron chi connectivity index (χ1n) is 6.85. The molecule has 2 aromatic rings. The number of aliphatic hydroxyl groups excluding tert-OH is 1. The molecule has 110 valence electrons. The zero-order valence-electron chi connectivity index (χ0n) is 11.7. The van der Waals surface area contributed by atoms with Crippen LogP contribution in [0.25, 0.3) is 5.69 Å². The molecular formula is C15H16ClN3O2. The Balaban J connectivity index is 1.92. The molecule has 0 bridgehead atoms. The van der Waals surface area contributed by atoms with E-state index < -0.39 is 6.10 Å². The number of aromatic nitrogens is 2. The second kappa shape index (κ2) is 5.50. The fraction of sp³-hybridized carbons (Fsp3) is 0.333. The number of hydrogen-bond donors (Lipinski definition) is 1. The van der Waals surface area contributed by atoms with E-state index in [4.69, 9.17) is 11.6 Å². The van der Waals surface area contributed by atoms with Crippen LogP contribution in [0.2, 0.25) is 5.02 Å². The summed E-state index contributed by atoms with van der Waals surface area (Å²) in [7, 11) is 0. The summed E-state index contributed by atoms with van der Waals surface area (Å²) in [4.78, 5) is 14.1. The van der Waals surface area contributed by atoms with Gasteiger partial charge in [0, 0.05) is 24.8 Å². The molecule has 1 aromatic heterocycles. The van der Waals surface area contributed by atoms with E-state index in [1.54, 1.807) is 21.8 Å². The molecule has 0 unspecified atom stereocenters. The Labute approximate surface area is 127 Å². The number of carbonyl (C=O) groups excluding carboxylic acids is 1. The zero-order chi connectivity index (χ0) is 15.0. The summed E-state index contributed by atoms with van der Waals surface area (Å²) < 4.78 is 1.62. The van der Waals surface area contributed by atoms with Crippen LogP contribution in [0.3, 0.4) is 0 Å². The van der Waals surface area contributed by atoms with E-state index in [2.05, 4.69) is 5.10 Å². The Morgan fingerprint density at radius 2 is 2.19 bits per heavy atom. The zero-order valence-corrected chi connectivity index (χ0v) is 12.4. The lowest BCUT2D eigenvalue weighted by Gasteiger charge is -2.14. The molecule has 6 heteroatoms. The third-order valence-electron chi connectivity index (χ3n) is 3.65. The predicted octanol–water partition coefficient (Wildman–Crippen LogP) is 2.04. The average Bonchev–Trinajstić information content (AvgIpc) is 3.05. The first-order valence-corrected chi connectivity index (χ1v) is 7.22. The number of aliphatic hydroxyl groups is 1. The number of para-hydroxylation sites is 1. The molecule has 5 nitrogen and oxygen atoms in total. The highest BCUT2D eigenvalue weighted by molar-refractivity contribution is 6.32. The summed E-state index contributed by atoms with van der Waals surface area (Å²) in [5.41, 5.74) is 1.94. The molecule has 1 aromatic carbocycles. The summed E-state index contributed by atoms with van der Waals surface area (Å²) in [6.07, 6.45) is 1.98. The molecule has 0 spiro atoms. The standard InChI is InChI=1S/C15H16ClN3O2/c1-10-8-19(13-5-3-2-4-12(13)16)17-14(10)15(21)18-7-6-11(20)9-18/h2-5,8,11,20H,6-7,9H2,1H3/t11-/m1/s1. The van der Waals surface area contributed by atoms with Crippen molar-refractivity contribution in [2.75, 3.05) is 13.1 Å². The molecule has 1 amide bonds. The van der Waals surface area contributed by atoms with Gasteiger partial charge in [-0.05, 0) is 25.5 Å². The Morgan fingerprint density at radius 3 is 2.86 bits per heavy atom. The van der Waals surface area contributed by atoms with E-state index in [-0.39, 0.29) is 5.91 Å². The minimum atomic E-state index is -0.431. The van der Waals surface area contributed by atoms with E-state index in [0.717, 1.165) is 11.3 Å². The highest BCUT2D eigenvalue weighted by Gasteiger charge is 2.28. The molecular weight excluding hydrogens is 290 g/mol. The number of aryl methyl sites for hydroxylation is 1. The molecule has 1 fully saturated rings. The Kier molecular flexibility index (Phi) is 3.69. The van der Waals surface area contributed by atoms with Gasteiger partial charge < -0.3 is 10.0 Å². The van der Waals surface area contributed by atoms with Crippen LogP contribution in [0, 0.1) is 6.92 Å². The van der Waals surface area contributed by atoms with Gasteiger partial charge in [-0.25, -0.2) is 4.68 Å². The Morgan fingerprint density at radius 1 is 1.43 bits per heavy atom. The highest BCUT2D eigenvalue weighted by atomic mass is 35.5. The molecule has 0 aliphatic carbocycles. The van der Waals surface area contributed by atoms with E-state index in [1.165, 1.54) is 0 Å². The first kappa shape index (κ1) is 14.1. The van der Waals surface area contributed by atoms with Gasteiger partial charge in [0.25, 0.3) is 5.91 Å². The summed E-state index contributed by atoms with van der Waals surface area (Å²) >= 11 is 6.16. The van der Waals surface area contributed by atoms with E-state index >= 15 is 0 Å². The molecule has 0 saturated carbocycles. The highest BCUT2D eigenvalue weighted by Crippen LogP contribution is 2.21. The number of carbonyl (C=O) groups is 1. The maximum absolute atomic E-state index is 12.4. The van der Waals surface area contributed by atoms with Crippen molar-refractivity contribution in [2.24, 2.45) is 0 Å². The van der Waals surface area contributed by atoms with Crippen molar-refractivity contribution in [3.05, 3.63) is 46.7 Å². The van der Waals surface area contributed by atoms with Gasteiger partial charge in [0.05, 0.1) is 16.8 Å². The van der Waals surface area contributed by atoms with E-state index in [0.29, 0.717) is 30.2 Å². The van der Waals surface area contributed by atoms with Crippen LogP contribution in [-0.4, -0.2) is 44.9 Å². The minimum absolute atomic E-state index is 0.144. The third kappa shape index (κ3) is 2.66. The van der Waals surface area contributed by atoms with Crippen molar-refractivity contribution in [2.45, 2.75) is 19.4 Å². The van der Waals surface area contributed by atoms with Gasteiger partial charge in [-0.3, -0.25) is 4.79 Å². The van der Waals surface area contributed by atoms with Crippen molar-refractivity contribution in [3.63, 3.8) is 0 Å². The van der Waals surface area contributed by atoms with Crippen LogP contribution in [0.1, 0.15) is 22.5 Å². The summed E-state index contributed by atoms with van der Waals surface area (Å²) in [6.45, 7) is 2.79. The van der Waals surface area contributed by atoms with Gasteiger partial charge >= 0.3 is 0 Å². The lowest BCUT2D eigenvalue weighted by atomic mass is 10.2. The molecule has 1 saturated heterocycles. The molecule has 1 N–H and O–H groups in total. The second-order valence-corrected chi connectivity index (χ2v) is 5.66. The van der Waals surface area contributed by atoms with Crippen LogP contribution in [-0.2, 0) is 0 Å². The van der Waals surface area contributed by atoms with Crippen molar-refractivity contribution >= 4 is 17.5 Å². The van der Waals surface area contributed by atoms with Gasteiger partial charge in [-0.2, -0.15) is 5.10 Å². The Hall–Kier alpha value is -1.85. The third-order valence-corrected chi connectivity index (χ3v) is 3.97. The van der Waals surface area contributed by atoms with Gasteiger partial charge in [-0.15, -0.1) is 0 Å². The number of hydrogen-bond acceptors (Lipinski definition) is 3. The number of halogens is 1. The molecule has 1 atom stereocenters. The number of rotatable bonds is 2. The molecule has 3 rings (SSSR count). The number of nitrogens with zero attached hydrogens (tertiary/aromatic N) is 3. The van der Waals surface area contributed by atoms with Gasteiger partial charge in [-0.1, -0.05) is 23.7 Å². The smallest absolute Gasteiger partial charge is 0.274 e. The predicted molar refractivity (Wildman–Crippen MR) is 79.8 cm³/mol. The van der Waals surface area contributed by atoms with Crippen molar-refractivity contribution < 1.29 is 9.90 Å². The normalized spacial score (nSPS) is 18.2. The molecule has 2 heterocycles. The van der Waals surface area contributed by atoms with Crippen molar-refractivity contribution in [3.8, 4) is 5.69 Å². The summed E-state index contributed by atoms with van der Waals surface area (Å²) in [5.74, 6) is -0.144. The van der Waals surface area contributed by atoms with E-state index in [1.807, 2.05) is 25.1 Å². The number of benzene rings is 1. The lowest BCUT2D eigenvalue weighted by Crippen LogP contribution is -2.30. The average molecular weight is 306 g/mol. The van der Waals surface area contributed by atoms with Crippen LogP contribution >= 0.6 is 11.6 Å². The van der Waals surface area contributed by atoms with Crippen LogP contribution < -0.4 is 0 Å². The lowest BCUT2D eigenvalue weighted by molar-refractivity contribution is 0.0758. The van der Waals surface area contributed by atoms with Crippen LogP contribution in [0.4, 0.5) is 0 Å². The maximum Gasteiger partial charge on any atom is 0.274 e. The monoisotopic (exact) mass is 305 g/mol. The minimum Gasteiger partial charge on any atom is -0.391 e. The first-order chi connectivity index (χ1) is 10.1. The number of likely N-dealkylation sites (tertiary alicyclic amines) is 1. The number of amides is 1. The van der Waals surface area contributed by atoms with Crippen LogP contribution in [0.15, 0.2) is 30.5 Å². The van der Waals surface area contributed by atoms with Gasteiger partial charge in [0.1, 0.15) is 0 Å². The van der Waals surface area contributed by atoms with Crippen molar-refractivity contribution in [1.29, 1.82) is 0 Å².